The van der Waals surface area contributed by atoms with Gasteiger partial charge in [-0.05, 0) is 39.5 Å². The summed E-state index contributed by atoms with van der Waals surface area (Å²) in [5.74, 6) is 0.00773. The summed E-state index contributed by atoms with van der Waals surface area (Å²) in [5, 5.41) is 5.36. The number of nitrogens with zero attached hydrogens (tertiary/aromatic N) is 1. The third-order valence-corrected chi connectivity index (χ3v) is 4.62. The zero-order valence-corrected chi connectivity index (χ0v) is 13.2. The number of para-hydroxylation sites is 1. The van der Waals surface area contributed by atoms with E-state index in [9.17, 15) is 4.79 Å². The van der Waals surface area contributed by atoms with Gasteiger partial charge in [-0.3, -0.25) is 4.79 Å². The number of carbonyl (C=O) groups excluding carboxylic acids is 1. The number of thiophene rings is 1. The summed E-state index contributed by atoms with van der Waals surface area (Å²) in [6.07, 6.45) is 0. The van der Waals surface area contributed by atoms with Crippen LogP contribution < -0.4 is 5.32 Å². The average molecular weight is 339 g/mol. The van der Waals surface area contributed by atoms with Gasteiger partial charge in [0.2, 0.25) is 0 Å². The van der Waals surface area contributed by atoms with Crippen LogP contribution in [0.5, 0.6) is 0 Å². The van der Waals surface area contributed by atoms with E-state index in [1.165, 1.54) is 4.88 Å². The molecule has 1 amide bonds. The molecule has 1 N–H and O–H groups in total. The van der Waals surface area contributed by atoms with Crippen LogP contribution in [0.1, 0.15) is 15.2 Å². The fourth-order valence-corrected chi connectivity index (χ4v) is 3.12. The number of benzene rings is 1. The number of hydrogen-bond acceptors (Lipinski definition) is 3. The molecule has 1 aromatic heterocycles. The first-order chi connectivity index (χ1) is 9.09. The van der Waals surface area contributed by atoms with Gasteiger partial charge in [0.25, 0.3) is 5.91 Å². The fourth-order valence-electron chi connectivity index (χ4n) is 1.69. The fraction of sp³-hybridized carbons (Fsp3) is 0.214. The van der Waals surface area contributed by atoms with Crippen LogP contribution in [0.4, 0.5) is 5.69 Å². The highest BCUT2D eigenvalue weighted by atomic mass is 79.9. The van der Waals surface area contributed by atoms with Crippen molar-refractivity contribution < 1.29 is 4.79 Å². The number of halogens is 1. The normalized spacial score (nSPS) is 10.3. The molecule has 2 rings (SSSR count). The molecule has 5 heteroatoms. The Kier molecular flexibility index (Phi) is 4.61. The third kappa shape index (κ3) is 3.36. The Morgan fingerprint density at radius 3 is 2.68 bits per heavy atom. The van der Waals surface area contributed by atoms with Crippen LogP contribution in [0, 0.1) is 0 Å². The van der Waals surface area contributed by atoms with Crippen LogP contribution in [0.25, 0.3) is 0 Å². The first-order valence-electron chi connectivity index (χ1n) is 5.86. The van der Waals surface area contributed by atoms with Crippen LogP contribution in [0.3, 0.4) is 0 Å². The summed E-state index contributed by atoms with van der Waals surface area (Å²) in [7, 11) is 3.52. The van der Waals surface area contributed by atoms with Crippen molar-refractivity contribution in [1.29, 1.82) is 0 Å². The molecule has 0 atom stereocenters. The van der Waals surface area contributed by atoms with Gasteiger partial charge in [0.15, 0.2) is 0 Å². The van der Waals surface area contributed by atoms with Gasteiger partial charge in [0, 0.05) is 29.1 Å². The van der Waals surface area contributed by atoms with Crippen LogP contribution in [-0.4, -0.2) is 24.9 Å². The topological polar surface area (TPSA) is 32.3 Å². The summed E-state index contributed by atoms with van der Waals surface area (Å²) in [6, 6.07) is 9.60. The lowest BCUT2D eigenvalue weighted by Crippen LogP contribution is -2.22. The number of carbonyl (C=O) groups is 1. The van der Waals surface area contributed by atoms with Crippen molar-refractivity contribution in [2.75, 3.05) is 19.4 Å². The summed E-state index contributed by atoms with van der Waals surface area (Å²) in [4.78, 5) is 14.9. The number of hydrogen-bond donors (Lipinski definition) is 1. The molecular weight excluding hydrogens is 324 g/mol. The highest BCUT2D eigenvalue weighted by Gasteiger charge is 2.12. The second kappa shape index (κ2) is 6.21. The van der Waals surface area contributed by atoms with Crippen molar-refractivity contribution in [3.8, 4) is 0 Å². The third-order valence-electron chi connectivity index (χ3n) is 2.69. The summed E-state index contributed by atoms with van der Waals surface area (Å²) in [5.41, 5.74) is 1.56. The van der Waals surface area contributed by atoms with E-state index >= 15 is 0 Å². The minimum absolute atomic E-state index is 0.00773. The Morgan fingerprint density at radius 2 is 2.05 bits per heavy atom. The molecule has 0 radical (unpaired) electrons. The predicted octanol–water partition coefficient (Wildman–Crippen LogP) is 3.82. The predicted molar refractivity (Wildman–Crippen MR) is 83.8 cm³/mol. The number of amides is 1. The maximum Gasteiger partial charge on any atom is 0.255 e. The molecule has 0 unspecified atom stereocenters. The van der Waals surface area contributed by atoms with E-state index in [4.69, 9.17) is 0 Å². The van der Waals surface area contributed by atoms with Gasteiger partial charge in [-0.15, -0.1) is 11.3 Å². The molecule has 2 aromatic rings. The molecule has 1 aromatic carbocycles. The van der Waals surface area contributed by atoms with E-state index in [0.29, 0.717) is 12.1 Å². The minimum atomic E-state index is 0.00773. The zero-order valence-electron chi connectivity index (χ0n) is 10.8. The molecule has 0 saturated heterocycles. The van der Waals surface area contributed by atoms with E-state index < -0.39 is 0 Å². The molecule has 0 aliphatic heterocycles. The number of nitrogens with one attached hydrogen (secondary N) is 1. The second-order valence-corrected chi connectivity index (χ2v) is 6.15. The molecule has 0 bridgehead atoms. The van der Waals surface area contributed by atoms with Crippen molar-refractivity contribution in [1.82, 2.24) is 4.90 Å². The van der Waals surface area contributed by atoms with Gasteiger partial charge >= 0.3 is 0 Å². The molecule has 100 valence electrons. The van der Waals surface area contributed by atoms with Crippen molar-refractivity contribution in [2.24, 2.45) is 0 Å². The largest absolute Gasteiger partial charge is 0.379 e. The molecule has 0 fully saturated rings. The Morgan fingerprint density at radius 1 is 1.32 bits per heavy atom. The van der Waals surface area contributed by atoms with E-state index in [1.54, 1.807) is 30.3 Å². The van der Waals surface area contributed by atoms with Gasteiger partial charge < -0.3 is 10.2 Å². The van der Waals surface area contributed by atoms with Crippen LogP contribution in [0.15, 0.2) is 40.2 Å². The molecule has 1 heterocycles. The zero-order chi connectivity index (χ0) is 13.8. The summed E-state index contributed by atoms with van der Waals surface area (Å²) >= 11 is 5.19. The Labute approximate surface area is 125 Å². The first-order valence-corrected chi connectivity index (χ1v) is 7.53. The van der Waals surface area contributed by atoms with Gasteiger partial charge in [-0.25, -0.2) is 0 Å². The van der Waals surface area contributed by atoms with E-state index in [-0.39, 0.29) is 5.91 Å². The Bertz CT molecular complexity index is 580. The molecule has 0 aliphatic rings. The highest BCUT2D eigenvalue weighted by Crippen LogP contribution is 2.24. The smallest absolute Gasteiger partial charge is 0.255 e. The SMILES string of the molecule is CN(C)C(=O)c1ccccc1NCc1sccc1Br. The van der Waals surface area contributed by atoms with Gasteiger partial charge in [0.05, 0.1) is 12.1 Å². The number of anilines is 1. The quantitative estimate of drug-likeness (QED) is 0.918. The summed E-state index contributed by atoms with van der Waals surface area (Å²) in [6.45, 7) is 0.704. The lowest BCUT2D eigenvalue weighted by Gasteiger charge is -2.15. The average Bonchev–Trinajstić information content (AvgIpc) is 2.81. The highest BCUT2D eigenvalue weighted by molar-refractivity contribution is 9.10. The second-order valence-electron chi connectivity index (χ2n) is 4.29. The molecule has 19 heavy (non-hydrogen) atoms. The van der Waals surface area contributed by atoms with E-state index in [1.807, 2.05) is 35.7 Å². The van der Waals surface area contributed by atoms with Gasteiger partial charge in [-0.2, -0.15) is 0 Å². The monoisotopic (exact) mass is 338 g/mol. The molecular formula is C14H15BrN2OS. The molecule has 0 saturated carbocycles. The van der Waals surface area contributed by atoms with Crippen LogP contribution >= 0.6 is 27.3 Å². The molecule has 0 aliphatic carbocycles. The minimum Gasteiger partial charge on any atom is -0.379 e. The first kappa shape index (κ1) is 14.1. The van der Waals surface area contributed by atoms with Crippen LogP contribution in [0.2, 0.25) is 0 Å². The summed E-state index contributed by atoms with van der Waals surface area (Å²) < 4.78 is 1.10. The standard InChI is InChI=1S/C14H15BrN2OS/c1-17(2)14(18)10-5-3-4-6-12(10)16-9-13-11(15)7-8-19-13/h3-8,16H,9H2,1-2H3. The number of rotatable bonds is 4. The van der Waals surface area contributed by atoms with Crippen molar-refractivity contribution in [2.45, 2.75) is 6.54 Å². The lowest BCUT2D eigenvalue weighted by atomic mass is 10.1. The van der Waals surface area contributed by atoms with E-state index in [0.717, 1.165) is 10.2 Å². The van der Waals surface area contributed by atoms with Gasteiger partial charge in [0.1, 0.15) is 0 Å². The van der Waals surface area contributed by atoms with Crippen LogP contribution in [-0.2, 0) is 6.54 Å². The molecule has 0 spiro atoms. The van der Waals surface area contributed by atoms with Crippen molar-refractivity contribution in [3.63, 3.8) is 0 Å². The maximum absolute atomic E-state index is 12.1. The van der Waals surface area contributed by atoms with Crippen molar-refractivity contribution in [3.05, 3.63) is 50.6 Å². The maximum atomic E-state index is 12.1. The molecule has 3 nitrogen and oxygen atoms in total. The Balaban J connectivity index is 2.17. The van der Waals surface area contributed by atoms with Crippen molar-refractivity contribution >= 4 is 38.9 Å². The van der Waals surface area contributed by atoms with E-state index in [2.05, 4.69) is 21.2 Å². The van der Waals surface area contributed by atoms with Gasteiger partial charge in [-0.1, -0.05) is 12.1 Å². The lowest BCUT2D eigenvalue weighted by molar-refractivity contribution is 0.0828. The Hall–Kier alpha value is -1.33.